The van der Waals surface area contributed by atoms with Crippen LogP contribution in [-0.2, 0) is 6.42 Å². The van der Waals surface area contributed by atoms with E-state index in [1.807, 2.05) is 42.0 Å². The van der Waals surface area contributed by atoms with E-state index < -0.39 is 0 Å². The first-order chi connectivity index (χ1) is 7.84. The van der Waals surface area contributed by atoms with E-state index >= 15 is 0 Å². The number of hydrogen-bond acceptors (Lipinski definition) is 4. The molecule has 2 N–H and O–H groups in total. The summed E-state index contributed by atoms with van der Waals surface area (Å²) >= 11 is 1.63. The van der Waals surface area contributed by atoms with Crippen LogP contribution in [0.2, 0.25) is 0 Å². The Labute approximate surface area is 98.9 Å². The summed E-state index contributed by atoms with van der Waals surface area (Å²) < 4.78 is 5.58. The van der Waals surface area contributed by atoms with Crippen molar-refractivity contribution >= 4 is 11.3 Å². The lowest BCUT2D eigenvalue weighted by atomic mass is 10.2. The molecule has 0 aliphatic rings. The van der Waals surface area contributed by atoms with Gasteiger partial charge in [0.25, 0.3) is 0 Å². The molecule has 0 amide bonds. The Balaban J connectivity index is 1.78. The van der Waals surface area contributed by atoms with Crippen LogP contribution in [0.25, 0.3) is 0 Å². The van der Waals surface area contributed by atoms with Gasteiger partial charge in [-0.1, -0.05) is 18.2 Å². The van der Waals surface area contributed by atoms with Crippen LogP contribution in [0.4, 0.5) is 0 Å². The topological polar surface area (TPSA) is 48.1 Å². The van der Waals surface area contributed by atoms with E-state index in [1.54, 1.807) is 11.3 Å². The summed E-state index contributed by atoms with van der Waals surface area (Å²) in [4.78, 5) is 5.21. The molecule has 0 aliphatic carbocycles. The Morgan fingerprint density at radius 2 is 2.12 bits per heavy atom. The molecule has 84 valence electrons. The molecule has 0 aliphatic heterocycles. The molecule has 1 aromatic carbocycles. The van der Waals surface area contributed by atoms with Gasteiger partial charge in [-0.3, -0.25) is 4.98 Å². The first-order valence-electron chi connectivity index (χ1n) is 5.15. The number of ether oxygens (including phenoxy) is 1. The number of aromatic nitrogens is 1. The smallest absolute Gasteiger partial charge is 0.119 e. The SMILES string of the molecule is NC(COc1ccccc1)Cc1cncs1. The summed E-state index contributed by atoms with van der Waals surface area (Å²) in [5, 5.41) is 0. The van der Waals surface area contributed by atoms with Crippen molar-refractivity contribution in [3.05, 3.63) is 46.9 Å². The van der Waals surface area contributed by atoms with Gasteiger partial charge in [0.2, 0.25) is 0 Å². The summed E-state index contributed by atoms with van der Waals surface area (Å²) in [5.41, 5.74) is 7.79. The molecular weight excluding hydrogens is 220 g/mol. The second-order valence-corrected chi connectivity index (χ2v) is 4.53. The van der Waals surface area contributed by atoms with Gasteiger partial charge in [0.05, 0.1) is 5.51 Å². The zero-order chi connectivity index (χ0) is 11.2. The van der Waals surface area contributed by atoms with E-state index in [0.29, 0.717) is 6.61 Å². The highest BCUT2D eigenvalue weighted by atomic mass is 32.1. The molecule has 1 aromatic heterocycles. The quantitative estimate of drug-likeness (QED) is 0.861. The zero-order valence-corrected chi connectivity index (χ0v) is 9.69. The highest BCUT2D eigenvalue weighted by Gasteiger charge is 2.06. The van der Waals surface area contributed by atoms with Gasteiger partial charge in [-0.15, -0.1) is 11.3 Å². The van der Waals surface area contributed by atoms with Crippen molar-refractivity contribution < 1.29 is 4.74 Å². The van der Waals surface area contributed by atoms with Crippen molar-refractivity contribution in [3.8, 4) is 5.75 Å². The molecule has 16 heavy (non-hydrogen) atoms. The fourth-order valence-corrected chi connectivity index (χ4v) is 2.07. The number of rotatable bonds is 5. The maximum Gasteiger partial charge on any atom is 0.119 e. The molecule has 2 rings (SSSR count). The molecule has 1 unspecified atom stereocenters. The fourth-order valence-electron chi connectivity index (χ4n) is 1.38. The van der Waals surface area contributed by atoms with Crippen LogP contribution < -0.4 is 10.5 Å². The van der Waals surface area contributed by atoms with Gasteiger partial charge in [0.1, 0.15) is 12.4 Å². The largest absolute Gasteiger partial charge is 0.492 e. The van der Waals surface area contributed by atoms with Crippen LogP contribution in [0.15, 0.2) is 42.0 Å². The lowest BCUT2D eigenvalue weighted by Gasteiger charge is -2.11. The molecule has 0 radical (unpaired) electrons. The lowest BCUT2D eigenvalue weighted by molar-refractivity contribution is 0.288. The normalized spacial score (nSPS) is 12.3. The fraction of sp³-hybridized carbons (Fsp3) is 0.250. The van der Waals surface area contributed by atoms with Gasteiger partial charge in [-0.2, -0.15) is 0 Å². The van der Waals surface area contributed by atoms with E-state index in [9.17, 15) is 0 Å². The van der Waals surface area contributed by atoms with Gasteiger partial charge in [0.15, 0.2) is 0 Å². The Kier molecular flexibility index (Phi) is 3.91. The molecule has 0 saturated heterocycles. The van der Waals surface area contributed by atoms with Crippen molar-refractivity contribution in [2.45, 2.75) is 12.5 Å². The highest BCUT2D eigenvalue weighted by molar-refractivity contribution is 7.09. The summed E-state index contributed by atoms with van der Waals surface area (Å²) in [6, 6.07) is 9.73. The molecular formula is C12H14N2OS. The maximum absolute atomic E-state index is 5.97. The van der Waals surface area contributed by atoms with Crippen molar-refractivity contribution in [2.75, 3.05) is 6.61 Å². The van der Waals surface area contributed by atoms with Gasteiger partial charge < -0.3 is 10.5 Å². The lowest BCUT2D eigenvalue weighted by Crippen LogP contribution is -2.29. The molecule has 3 nitrogen and oxygen atoms in total. The van der Waals surface area contributed by atoms with E-state index in [2.05, 4.69) is 4.98 Å². The molecule has 0 spiro atoms. The average molecular weight is 234 g/mol. The first-order valence-corrected chi connectivity index (χ1v) is 6.03. The van der Waals surface area contributed by atoms with Crippen LogP contribution in [-0.4, -0.2) is 17.6 Å². The summed E-state index contributed by atoms with van der Waals surface area (Å²) in [6.45, 7) is 0.530. The molecule has 0 saturated carbocycles. The third-order valence-corrected chi connectivity index (χ3v) is 2.96. The summed E-state index contributed by atoms with van der Waals surface area (Å²) in [5.74, 6) is 0.863. The molecule has 0 bridgehead atoms. The predicted molar refractivity (Wildman–Crippen MR) is 65.7 cm³/mol. The highest BCUT2D eigenvalue weighted by Crippen LogP contribution is 2.11. The summed E-state index contributed by atoms with van der Waals surface area (Å²) in [6.07, 6.45) is 2.67. The van der Waals surface area contributed by atoms with Crippen molar-refractivity contribution in [1.29, 1.82) is 0 Å². The number of nitrogens with two attached hydrogens (primary N) is 1. The van der Waals surface area contributed by atoms with Crippen LogP contribution in [0.1, 0.15) is 4.88 Å². The second-order valence-electron chi connectivity index (χ2n) is 3.56. The Hall–Kier alpha value is -1.39. The van der Waals surface area contributed by atoms with Gasteiger partial charge in [0, 0.05) is 23.5 Å². The monoisotopic (exact) mass is 234 g/mol. The number of benzene rings is 1. The van der Waals surface area contributed by atoms with E-state index in [0.717, 1.165) is 12.2 Å². The minimum Gasteiger partial charge on any atom is -0.492 e. The average Bonchev–Trinajstić information content (AvgIpc) is 2.81. The van der Waals surface area contributed by atoms with Crippen LogP contribution >= 0.6 is 11.3 Å². The Morgan fingerprint density at radius 1 is 1.31 bits per heavy atom. The molecule has 4 heteroatoms. The standard InChI is InChI=1S/C12H14N2OS/c13-10(6-12-7-14-9-16-12)8-15-11-4-2-1-3-5-11/h1-5,7,9-10H,6,8,13H2. The third kappa shape index (κ3) is 3.32. The number of thiazole rings is 1. The van der Waals surface area contributed by atoms with E-state index in [-0.39, 0.29) is 6.04 Å². The van der Waals surface area contributed by atoms with Crippen LogP contribution in [0, 0.1) is 0 Å². The molecule has 1 atom stereocenters. The summed E-state index contributed by atoms with van der Waals surface area (Å²) in [7, 11) is 0. The van der Waals surface area contributed by atoms with Crippen molar-refractivity contribution in [2.24, 2.45) is 5.73 Å². The van der Waals surface area contributed by atoms with E-state index in [1.165, 1.54) is 4.88 Å². The number of nitrogens with zero attached hydrogens (tertiary/aromatic N) is 1. The minimum absolute atomic E-state index is 0.0145. The predicted octanol–water partition coefficient (Wildman–Crippen LogP) is 2.09. The van der Waals surface area contributed by atoms with Gasteiger partial charge in [-0.25, -0.2) is 0 Å². The van der Waals surface area contributed by atoms with Gasteiger partial charge in [-0.05, 0) is 12.1 Å². The Bertz CT molecular complexity index is 402. The number of hydrogen-bond donors (Lipinski definition) is 1. The van der Waals surface area contributed by atoms with E-state index in [4.69, 9.17) is 10.5 Å². The minimum atomic E-state index is 0.0145. The molecule has 1 heterocycles. The second kappa shape index (κ2) is 5.63. The van der Waals surface area contributed by atoms with Crippen molar-refractivity contribution in [1.82, 2.24) is 4.98 Å². The Morgan fingerprint density at radius 3 is 2.81 bits per heavy atom. The van der Waals surface area contributed by atoms with Gasteiger partial charge >= 0.3 is 0 Å². The first kappa shape index (κ1) is 11.1. The van der Waals surface area contributed by atoms with Crippen LogP contribution in [0.3, 0.4) is 0 Å². The molecule has 2 aromatic rings. The third-order valence-electron chi connectivity index (χ3n) is 2.15. The molecule has 0 fully saturated rings. The van der Waals surface area contributed by atoms with Crippen LogP contribution in [0.5, 0.6) is 5.75 Å². The van der Waals surface area contributed by atoms with Crippen molar-refractivity contribution in [3.63, 3.8) is 0 Å². The maximum atomic E-state index is 5.97. The number of para-hydroxylation sites is 1. The zero-order valence-electron chi connectivity index (χ0n) is 8.87.